The molecule has 9 heteroatoms. The van der Waals surface area contributed by atoms with E-state index in [9.17, 15) is 4.79 Å². The molecule has 0 saturated heterocycles. The highest BCUT2D eigenvalue weighted by Gasteiger charge is 2.16. The van der Waals surface area contributed by atoms with Crippen LogP contribution in [-0.4, -0.2) is 15.9 Å². The van der Waals surface area contributed by atoms with Crippen LogP contribution in [-0.2, 0) is 6.61 Å². The van der Waals surface area contributed by atoms with Crippen molar-refractivity contribution in [1.29, 1.82) is 0 Å². The van der Waals surface area contributed by atoms with E-state index in [-0.39, 0.29) is 18.1 Å². The molecule has 1 aromatic heterocycles. The van der Waals surface area contributed by atoms with Gasteiger partial charge in [-0.25, -0.2) is 4.98 Å². The van der Waals surface area contributed by atoms with Crippen LogP contribution < -0.4 is 10.3 Å². The molecule has 0 spiro atoms. The maximum absolute atomic E-state index is 13.4. The molecule has 0 saturated carbocycles. The molecule has 0 radical (unpaired) electrons. The van der Waals surface area contributed by atoms with Crippen LogP contribution in [0, 0.1) is 0 Å². The molecular formula is C26H21Br2Cl2N3O2. The van der Waals surface area contributed by atoms with Gasteiger partial charge in [-0.15, -0.1) is 0 Å². The highest BCUT2D eigenvalue weighted by Crippen LogP contribution is 2.26. The molecule has 180 valence electrons. The number of fused-ring (bicyclic) bond motifs is 1. The highest BCUT2D eigenvalue weighted by atomic mass is 79.9. The third-order valence-electron chi connectivity index (χ3n) is 5.57. The first kappa shape index (κ1) is 25.9. The van der Waals surface area contributed by atoms with Crippen LogP contribution in [0.1, 0.15) is 43.1 Å². The number of hydrogen-bond acceptors (Lipinski definition) is 4. The van der Waals surface area contributed by atoms with Crippen molar-refractivity contribution in [3.05, 3.63) is 101 Å². The molecule has 0 aliphatic rings. The van der Waals surface area contributed by atoms with Crippen molar-refractivity contribution in [2.24, 2.45) is 5.10 Å². The number of halogens is 4. The molecule has 1 atom stereocenters. The van der Waals surface area contributed by atoms with Crippen LogP contribution in [0.5, 0.6) is 5.75 Å². The molecule has 1 heterocycles. The summed E-state index contributed by atoms with van der Waals surface area (Å²) < 4.78 is 9.09. The average Bonchev–Trinajstić information content (AvgIpc) is 2.83. The number of hydrogen-bond donors (Lipinski definition) is 0. The third kappa shape index (κ3) is 5.97. The van der Waals surface area contributed by atoms with Gasteiger partial charge in [-0.3, -0.25) is 4.79 Å². The summed E-state index contributed by atoms with van der Waals surface area (Å²) in [6.07, 6.45) is 2.43. The lowest BCUT2D eigenvalue weighted by Crippen LogP contribution is -2.23. The van der Waals surface area contributed by atoms with E-state index in [2.05, 4.69) is 43.9 Å². The fourth-order valence-corrected chi connectivity index (χ4v) is 4.65. The first-order chi connectivity index (χ1) is 16.8. The monoisotopic (exact) mass is 635 g/mol. The van der Waals surface area contributed by atoms with Gasteiger partial charge in [-0.2, -0.15) is 9.78 Å². The van der Waals surface area contributed by atoms with E-state index >= 15 is 0 Å². The summed E-state index contributed by atoms with van der Waals surface area (Å²) in [5.41, 5.74) is 1.92. The Hall–Kier alpha value is -2.19. The van der Waals surface area contributed by atoms with Crippen LogP contribution in [0.3, 0.4) is 0 Å². The van der Waals surface area contributed by atoms with Gasteiger partial charge < -0.3 is 4.74 Å². The van der Waals surface area contributed by atoms with Crippen LogP contribution in [0.4, 0.5) is 0 Å². The molecule has 0 fully saturated rings. The lowest BCUT2D eigenvalue weighted by molar-refractivity contribution is 0.306. The normalized spacial score (nSPS) is 12.4. The van der Waals surface area contributed by atoms with Gasteiger partial charge in [-0.05, 0) is 55.0 Å². The van der Waals surface area contributed by atoms with E-state index in [0.717, 1.165) is 20.9 Å². The van der Waals surface area contributed by atoms with Gasteiger partial charge in [0.15, 0.2) is 0 Å². The van der Waals surface area contributed by atoms with Gasteiger partial charge in [-0.1, -0.05) is 75.0 Å². The zero-order chi connectivity index (χ0) is 25.1. The minimum atomic E-state index is -0.228. The van der Waals surface area contributed by atoms with E-state index in [1.807, 2.05) is 43.3 Å². The summed E-state index contributed by atoms with van der Waals surface area (Å²) in [5, 5.41) is 6.15. The number of rotatable bonds is 7. The van der Waals surface area contributed by atoms with Gasteiger partial charge in [0.25, 0.3) is 5.56 Å². The Morgan fingerprint density at radius 1 is 1.09 bits per heavy atom. The third-order valence-corrected chi connectivity index (χ3v) is 7.14. The minimum absolute atomic E-state index is 0.0400. The second-order valence-electron chi connectivity index (χ2n) is 8.01. The van der Waals surface area contributed by atoms with E-state index in [1.165, 1.54) is 4.68 Å². The van der Waals surface area contributed by atoms with Crippen molar-refractivity contribution in [1.82, 2.24) is 9.66 Å². The second kappa shape index (κ2) is 11.2. The zero-order valence-corrected chi connectivity index (χ0v) is 23.6. The zero-order valence-electron chi connectivity index (χ0n) is 18.9. The molecule has 0 aliphatic heterocycles. The molecule has 0 N–H and O–H groups in total. The lowest BCUT2D eigenvalue weighted by Gasteiger charge is -2.14. The summed E-state index contributed by atoms with van der Waals surface area (Å²) in [6.45, 7) is 4.34. The summed E-state index contributed by atoms with van der Waals surface area (Å²) in [6, 6.07) is 16.3. The fourth-order valence-electron chi connectivity index (χ4n) is 3.44. The molecule has 4 aromatic rings. The summed E-state index contributed by atoms with van der Waals surface area (Å²) in [4.78, 5) is 18.1. The topological polar surface area (TPSA) is 56.5 Å². The Bertz CT molecular complexity index is 1490. The Kier molecular flexibility index (Phi) is 8.32. The largest absolute Gasteiger partial charge is 0.488 e. The second-order valence-corrected chi connectivity index (χ2v) is 10.7. The van der Waals surface area contributed by atoms with Crippen LogP contribution in [0.15, 0.2) is 73.4 Å². The first-order valence-corrected chi connectivity index (χ1v) is 13.2. The highest BCUT2D eigenvalue weighted by molar-refractivity contribution is 9.10. The van der Waals surface area contributed by atoms with Crippen molar-refractivity contribution in [3.63, 3.8) is 0 Å². The quantitative estimate of drug-likeness (QED) is 0.192. The number of benzene rings is 3. The van der Waals surface area contributed by atoms with E-state index in [0.29, 0.717) is 38.1 Å². The Morgan fingerprint density at radius 3 is 2.57 bits per heavy atom. The molecule has 0 unspecified atom stereocenters. The summed E-state index contributed by atoms with van der Waals surface area (Å²) in [7, 11) is 0. The molecule has 35 heavy (non-hydrogen) atoms. The van der Waals surface area contributed by atoms with Gasteiger partial charge in [0.2, 0.25) is 0 Å². The smallest absolute Gasteiger partial charge is 0.282 e. The van der Waals surface area contributed by atoms with Gasteiger partial charge >= 0.3 is 0 Å². The van der Waals surface area contributed by atoms with Crippen molar-refractivity contribution >= 4 is 72.2 Å². The maximum Gasteiger partial charge on any atom is 0.282 e. The van der Waals surface area contributed by atoms with E-state index in [4.69, 9.17) is 32.9 Å². The fraction of sp³-hybridized carbons (Fsp3) is 0.192. The van der Waals surface area contributed by atoms with Gasteiger partial charge in [0.1, 0.15) is 18.2 Å². The van der Waals surface area contributed by atoms with Gasteiger partial charge in [0.05, 0.1) is 17.1 Å². The predicted octanol–water partition coefficient (Wildman–Crippen LogP) is 8.20. The van der Waals surface area contributed by atoms with Gasteiger partial charge in [0, 0.05) is 36.0 Å². The maximum atomic E-state index is 13.4. The van der Waals surface area contributed by atoms with Crippen LogP contribution >= 0.6 is 55.1 Å². The Morgan fingerprint density at radius 2 is 1.83 bits per heavy atom. The van der Waals surface area contributed by atoms with Crippen molar-refractivity contribution in [2.45, 2.75) is 32.8 Å². The summed E-state index contributed by atoms with van der Waals surface area (Å²) in [5.74, 6) is 1.24. The summed E-state index contributed by atoms with van der Waals surface area (Å²) >= 11 is 19.2. The SMILES string of the molecule is CC[C@@H](C)c1nc2ccc(Br)cc2c(=O)n1N=Cc1cc(Br)ccc1OCc1ccc(Cl)cc1Cl. The number of ether oxygens (including phenoxy) is 1. The van der Waals surface area contributed by atoms with Crippen molar-refractivity contribution < 1.29 is 4.74 Å². The van der Waals surface area contributed by atoms with E-state index in [1.54, 1.807) is 24.4 Å². The molecule has 0 amide bonds. The molecule has 0 aliphatic carbocycles. The predicted molar refractivity (Wildman–Crippen MR) is 150 cm³/mol. The number of aromatic nitrogens is 2. The molecular weight excluding hydrogens is 617 g/mol. The standard InChI is InChI=1S/C26H21Br2Cl2N3O2/c1-3-15(2)25-32-23-8-5-19(28)11-21(23)26(34)33(25)31-13-17-10-18(27)6-9-24(17)35-14-16-4-7-20(29)12-22(16)30/h4-13,15H,3,14H2,1-2H3/t15-/m1/s1. The molecule has 3 aromatic carbocycles. The van der Waals surface area contributed by atoms with Crippen molar-refractivity contribution in [3.8, 4) is 5.75 Å². The average molecular weight is 638 g/mol. The van der Waals surface area contributed by atoms with E-state index < -0.39 is 0 Å². The van der Waals surface area contributed by atoms with Crippen LogP contribution in [0.25, 0.3) is 10.9 Å². The van der Waals surface area contributed by atoms with Crippen molar-refractivity contribution in [2.75, 3.05) is 0 Å². The molecule has 0 bridgehead atoms. The number of nitrogens with zero attached hydrogens (tertiary/aromatic N) is 3. The van der Waals surface area contributed by atoms with Crippen LogP contribution in [0.2, 0.25) is 10.0 Å². The Balaban J connectivity index is 1.74. The first-order valence-electron chi connectivity index (χ1n) is 10.9. The lowest BCUT2D eigenvalue weighted by atomic mass is 10.1. The Labute approximate surface area is 230 Å². The minimum Gasteiger partial charge on any atom is -0.488 e. The molecule has 4 rings (SSSR count). The molecule has 5 nitrogen and oxygen atoms in total.